The number of likely N-dealkylation sites (tertiary alicyclic amines) is 1. The zero-order valence-corrected chi connectivity index (χ0v) is 15.9. The molecule has 2 heterocycles. The summed E-state index contributed by atoms with van der Waals surface area (Å²) >= 11 is 0. The molecule has 4 nitrogen and oxygen atoms in total. The van der Waals surface area contributed by atoms with Gasteiger partial charge in [-0.1, -0.05) is 0 Å². The lowest BCUT2D eigenvalue weighted by atomic mass is 10.0. The van der Waals surface area contributed by atoms with Crippen molar-refractivity contribution < 1.29 is 21.6 Å². The van der Waals surface area contributed by atoms with Crippen molar-refractivity contribution in [3.05, 3.63) is 29.8 Å². The van der Waals surface area contributed by atoms with Crippen LogP contribution in [0.25, 0.3) is 0 Å². The van der Waals surface area contributed by atoms with Gasteiger partial charge in [0, 0.05) is 31.2 Å². The number of hydrogen-bond donors (Lipinski definition) is 0. The molecular formula is C18H25F3N2O2S. The van der Waals surface area contributed by atoms with Gasteiger partial charge < -0.3 is 0 Å². The smallest absolute Gasteiger partial charge is 0.294 e. The van der Waals surface area contributed by atoms with Gasteiger partial charge in [-0.25, -0.2) is 8.42 Å². The van der Waals surface area contributed by atoms with Gasteiger partial charge in [-0.15, -0.1) is 0 Å². The van der Waals surface area contributed by atoms with Gasteiger partial charge >= 0.3 is 6.18 Å². The van der Waals surface area contributed by atoms with Gasteiger partial charge in [-0.2, -0.15) is 17.5 Å². The van der Waals surface area contributed by atoms with Gasteiger partial charge in [-0.3, -0.25) is 4.90 Å². The second kappa shape index (κ2) is 7.13. The van der Waals surface area contributed by atoms with Gasteiger partial charge in [-0.05, 0) is 63.8 Å². The third-order valence-corrected chi connectivity index (χ3v) is 7.50. The van der Waals surface area contributed by atoms with E-state index < -0.39 is 21.8 Å². The van der Waals surface area contributed by atoms with Crippen LogP contribution in [0.3, 0.4) is 0 Å². The summed E-state index contributed by atoms with van der Waals surface area (Å²) < 4.78 is 65.3. The Balaban J connectivity index is 1.78. The molecule has 0 saturated carbocycles. The van der Waals surface area contributed by atoms with Crippen molar-refractivity contribution in [2.75, 3.05) is 13.1 Å². The standard InChI is InChI=1S/C18H25F3N2O2S/c1-13-5-6-14(2)23(13)16-4-3-11-22(12-16)26(24,25)17-9-7-15(8-10-17)18(19,20)21/h7-10,13-14,16H,3-6,11-12H2,1-2H3/t13-,14+,16-/m0/s1. The molecule has 2 fully saturated rings. The second-order valence-corrected chi connectivity index (χ2v) is 9.34. The molecule has 26 heavy (non-hydrogen) atoms. The number of piperidine rings is 1. The molecule has 2 saturated heterocycles. The van der Waals surface area contributed by atoms with Crippen LogP contribution in [-0.2, 0) is 16.2 Å². The summed E-state index contributed by atoms with van der Waals surface area (Å²) in [6.07, 6.45) is -0.526. The third-order valence-electron chi connectivity index (χ3n) is 5.62. The van der Waals surface area contributed by atoms with E-state index in [-0.39, 0.29) is 10.9 Å². The maximum atomic E-state index is 12.9. The van der Waals surface area contributed by atoms with Crippen LogP contribution < -0.4 is 0 Å². The topological polar surface area (TPSA) is 40.6 Å². The summed E-state index contributed by atoms with van der Waals surface area (Å²) in [4.78, 5) is 2.34. The van der Waals surface area contributed by atoms with E-state index in [1.54, 1.807) is 0 Å². The molecule has 0 aliphatic carbocycles. The number of halogens is 3. The highest BCUT2D eigenvalue weighted by Gasteiger charge is 2.38. The summed E-state index contributed by atoms with van der Waals surface area (Å²) in [5, 5.41) is 0. The first kappa shape index (κ1) is 19.6. The Kier molecular flexibility index (Phi) is 5.38. The summed E-state index contributed by atoms with van der Waals surface area (Å²) in [7, 11) is -3.78. The minimum absolute atomic E-state index is 0.0753. The Morgan fingerprint density at radius 3 is 2.12 bits per heavy atom. The summed E-state index contributed by atoms with van der Waals surface area (Å²) in [5.41, 5.74) is -0.840. The number of nitrogens with zero attached hydrogens (tertiary/aromatic N) is 2. The van der Waals surface area contributed by atoms with Crippen molar-refractivity contribution in [3.63, 3.8) is 0 Å². The minimum atomic E-state index is -4.47. The van der Waals surface area contributed by atoms with Crippen molar-refractivity contribution in [2.45, 2.75) is 68.7 Å². The number of sulfonamides is 1. The average molecular weight is 390 g/mol. The van der Waals surface area contributed by atoms with Crippen molar-refractivity contribution in [2.24, 2.45) is 0 Å². The van der Waals surface area contributed by atoms with E-state index in [0.717, 1.165) is 49.9 Å². The summed E-state index contributed by atoms with van der Waals surface area (Å²) in [6.45, 7) is 5.16. The first-order valence-corrected chi connectivity index (χ1v) is 10.5. The fraction of sp³-hybridized carbons (Fsp3) is 0.667. The van der Waals surface area contributed by atoms with Crippen molar-refractivity contribution in [1.82, 2.24) is 9.21 Å². The fourth-order valence-electron chi connectivity index (χ4n) is 4.28. The van der Waals surface area contributed by atoms with Crippen LogP contribution in [-0.4, -0.2) is 48.8 Å². The maximum Gasteiger partial charge on any atom is 0.416 e. The van der Waals surface area contributed by atoms with Crippen LogP contribution in [0, 0.1) is 0 Å². The lowest BCUT2D eigenvalue weighted by Crippen LogP contribution is -2.52. The highest BCUT2D eigenvalue weighted by atomic mass is 32.2. The molecule has 3 rings (SSSR count). The van der Waals surface area contributed by atoms with E-state index in [9.17, 15) is 21.6 Å². The van der Waals surface area contributed by atoms with E-state index in [1.165, 1.54) is 4.31 Å². The Morgan fingerprint density at radius 1 is 1.00 bits per heavy atom. The molecule has 0 N–H and O–H groups in total. The number of alkyl halides is 3. The van der Waals surface area contributed by atoms with Gasteiger partial charge in [0.05, 0.1) is 10.5 Å². The predicted octanol–water partition coefficient (Wildman–Crippen LogP) is 3.73. The molecule has 146 valence electrons. The fourth-order valence-corrected chi connectivity index (χ4v) is 5.80. The molecule has 0 unspecified atom stereocenters. The van der Waals surface area contributed by atoms with E-state index in [2.05, 4.69) is 18.7 Å². The van der Waals surface area contributed by atoms with Gasteiger partial charge in [0.25, 0.3) is 0 Å². The number of hydrogen-bond acceptors (Lipinski definition) is 3. The largest absolute Gasteiger partial charge is 0.416 e. The maximum absolute atomic E-state index is 12.9. The number of benzene rings is 1. The molecule has 2 aliphatic rings. The highest BCUT2D eigenvalue weighted by Crippen LogP contribution is 2.33. The normalized spacial score (nSPS) is 29.2. The molecule has 0 amide bonds. The molecule has 8 heteroatoms. The highest BCUT2D eigenvalue weighted by molar-refractivity contribution is 7.89. The third kappa shape index (κ3) is 3.77. The molecule has 0 aromatic heterocycles. The van der Waals surface area contributed by atoms with E-state index >= 15 is 0 Å². The van der Waals surface area contributed by atoms with Crippen molar-refractivity contribution >= 4 is 10.0 Å². The second-order valence-electron chi connectivity index (χ2n) is 7.40. The Morgan fingerprint density at radius 2 is 1.58 bits per heavy atom. The van der Waals surface area contributed by atoms with Crippen molar-refractivity contribution in [3.8, 4) is 0 Å². The zero-order chi connectivity index (χ0) is 19.1. The van der Waals surface area contributed by atoms with Crippen LogP contribution in [0.1, 0.15) is 45.1 Å². The van der Waals surface area contributed by atoms with Gasteiger partial charge in [0.15, 0.2) is 0 Å². The first-order chi connectivity index (χ1) is 12.1. The molecule has 0 spiro atoms. The minimum Gasteiger partial charge on any atom is -0.294 e. The molecule has 3 atom stereocenters. The average Bonchev–Trinajstić information content (AvgIpc) is 2.93. The quantitative estimate of drug-likeness (QED) is 0.790. The molecule has 2 aliphatic heterocycles. The van der Waals surface area contributed by atoms with Crippen LogP contribution in [0.5, 0.6) is 0 Å². The molecule has 1 aromatic carbocycles. The zero-order valence-electron chi connectivity index (χ0n) is 15.0. The lowest BCUT2D eigenvalue weighted by Gasteiger charge is -2.41. The monoisotopic (exact) mass is 390 g/mol. The first-order valence-electron chi connectivity index (χ1n) is 9.05. The molecular weight excluding hydrogens is 365 g/mol. The van der Waals surface area contributed by atoms with Gasteiger partial charge in [0.2, 0.25) is 10.0 Å². The Hall–Kier alpha value is -1.12. The number of rotatable bonds is 3. The van der Waals surface area contributed by atoms with E-state index in [4.69, 9.17) is 0 Å². The van der Waals surface area contributed by atoms with Crippen molar-refractivity contribution in [1.29, 1.82) is 0 Å². The Bertz CT molecular complexity index is 724. The molecule has 1 aromatic rings. The van der Waals surface area contributed by atoms with Gasteiger partial charge in [0.1, 0.15) is 0 Å². The van der Waals surface area contributed by atoms with E-state index in [1.807, 2.05) is 0 Å². The Labute approximate surface area is 153 Å². The molecule has 0 bridgehead atoms. The summed E-state index contributed by atoms with van der Waals surface area (Å²) in [5.74, 6) is 0. The molecule has 0 radical (unpaired) electrons. The lowest BCUT2D eigenvalue weighted by molar-refractivity contribution is -0.137. The predicted molar refractivity (Wildman–Crippen MR) is 93.2 cm³/mol. The SMILES string of the molecule is C[C@@H]1CC[C@H](C)N1[C@H]1CCCN(S(=O)(=O)c2ccc(C(F)(F)F)cc2)C1. The van der Waals surface area contributed by atoms with Crippen LogP contribution >= 0.6 is 0 Å². The summed E-state index contributed by atoms with van der Waals surface area (Å²) in [6, 6.07) is 4.82. The van der Waals surface area contributed by atoms with Crippen LogP contribution in [0.4, 0.5) is 13.2 Å². The van der Waals surface area contributed by atoms with Crippen LogP contribution in [0.15, 0.2) is 29.2 Å². The van der Waals surface area contributed by atoms with Crippen LogP contribution in [0.2, 0.25) is 0 Å². The van der Waals surface area contributed by atoms with E-state index in [0.29, 0.717) is 25.2 Å².